The Morgan fingerprint density at radius 3 is 2.56 bits per heavy atom. The molecule has 0 saturated carbocycles. The maximum absolute atomic E-state index is 12.6. The van der Waals surface area contributed by atoms with Crippen LogP contribution in [0, 0.1) is 11.3 Å². The van der Waals surface area contributed by atoms with Crippen LogP contribution < -0.4 is 15.7 Å². The Bertz CT molecular complexity index is 1160. The third kappa shape index (κ3) is 3.05. The van der Waals surface area contributed by atoms with E-state index in [0.29, 0.717) is 16.7 Å². The molecule has 0 fully saturated rings. The SMILES string of the molecule is CNc1c(NS(=O)(=O)c2cccc(C#N)c2)c(=O)oc2ccccc12. The molecule has 3 aromatic rings. The van der Waals surface area contributed by atoms with Crippen LogP contribution in [0.2, 0.25) is 0 Å². The summed E-state index contributed by atoms with van der Waals surface area (Å²) < 4.78 is 32.6. The van der Waals surface area contributed by atoms with E-state index in [9.17, 15) is 13.2 Å². The summed E-state index contributed by atoms with van der Waals surface area (Å²) in [5, 5.41) is 12.3. The molecule has 1 aromatic heterocycles. The predicted octanol–water partition coefficient (Wildman–Crippen LogP) is 2.51. The number of benzene rings is 2. The number of fused-ring (bicyclic) bond motifs is 1. The Labute approximate surface area is 143 Å². The zero-order valence-corrected chi connectivity index (χ0v) is 13.9. The molecule has 1 heterocycles. The van der Waals surface area contributed by atoms with Crippen LogP contribution in [0.3, 0.4) is 0 Å². The molecular weight excluding hydrogens is 342 g/mol. The predicted molar refractivity (Wildman–Crippen MR) is 94.0 cm³/mol. The molecule has 3 rings (SSSR count). The molecule has 25 heavy (non-hydrogen) atoms. The van der Waals surface area contributed by atoms with Gasteiger partial charge in [-0.2, -0.15) is 5.26 Å². The molecule has 0 amide bonds. The van der Waals surface area contributed by atoms with E-state index in [1.807, 2.05) is 6.07 Å². The van der Waals surface area contributed by atoms with E-state index >= 15 is 0 Å². The summed E-state index contributed by atoms with van der Waals surface area (Å²) in [6, 6.07) is 14.2. The van der Waals surface area contributed by atoms with Crippen molar-refractivity contribution < 1.29 is 12.8 Å². The maximum atomic E-state index is 12.6. The number of sulfonamides is 1. The van der Waals surface area contributed by atoms with E-state index in [0.717, 1.165) is 0 Å². The van der Waals surface area contributed by atoms with Gasteiger partial charge in [0.05, 0.1) is 22.2 Å². The topological polar surface area (TPSA) is 112 Å². The van der Waals surface area contributed by atoms with Gasteiger partial charge < -0.3 is 9.73 Å². The van der Waals surface area contributed by atoms with Gasteiger partial charge in [-0.1, -0.05) is 18.2 Å². The quantitative estimate of drug-likeness (QED) is 0.696. The molecule has 0 radical (unpaired) electrons. The highest BCUT2D eigenvalue weighted by Gasteiger charge is 2.21. The fraction of sp³-hybridized carbons (Fsp3) is 0.0588. The summed E-state index contributed by atoms with van der Waals surface area (Å²) in [4.78, 5) is 12.1. The van der Waals surface area contributed by atoms with E-state index < -0.39 is 15.6 Å². The Morgan fingerprint density at radius 1 is 1.08 bits per heavy atom. The number of para-hydroxylation sites is 1. The molecule has 0 aliphatic carbocycles. The van der Waals surface area contributed by atoms with Crippen LogP contribution in [-0.2, 0) is 10.0 Å². The van der Waals surface area contributed by atoms with Crippen molar-refractivity contribution in [3.63, 3.8) is 0 Å². The molecular formula is C17H13N3O4S. The highest BCUT2D eigenvalue weighted by atomic mass is 32.2. The molecule has 0 atom stereocenters. The van der Waals surface area contributed by atoms with E-state index in [1.54, 1.807) is 31.3 Å². The summed E-state index contributed by atoms with van der Waals surface area (Å²) in [5.74, 6) is 0. The van der Waals surface area contributed by atoms with Crippen LogP contribution in [0.15, 0.2) is 62.6 Å². The minimum absolute atomic E-state index is 0.124. The van der Waals surface area contributed by atoms with Crippen molar-refractivity contribution >= 4 is 32.4 Å². The summed E-state index contributed by atoms with van der Waals surface area (Å²) >= 11 is 0. The van der Waals surface area contributed by atoms with Gasteiger partial charge in [0.2, 0.25) is 0 Å². The molecule has 126 valence electrons. The van der Waals surface area contributed by atoms with Crippen molar-refractivity contribution in [2.24, 2.45) is 0 Å². The molecule has 0 bridgehead atoms. The normalized spacial score (nSPS) is 11.0. The minimum atomic E-state index is -4.07. The number of rotatable bonds is 4. The summed E-state index contributed by atoms with van der Waals surface area (Å²) in [6.45, 7) is 0. The van der Waals surface area contributed by atoms with Crippen molar-refractivity contribution in [3.8, 4) is 6.07 Å². The highest BCUT2D eigenvalue weighted by Crippen LogP contribution is 2.29. The van der Waals surface area contributed by atoms with Crippen LogP contribution in [0.4, 0.5) is 11.4 Å². The van der Waals surface area contributed by atoms with Crippen LogP contribution in [-0.4, -0.2) is 15.5 Å². The second kappa shape index (κ2) is 6.30. The van der Waals surface area contributed by atoms with Gasteiger partial charge in [0.15, 0.2) is 5.69 Å². The highest BCUT2D eigenvalue weighted by molar-refractivity contribution is 7.92. The third-order valence-electron chi connectivity index (χ3n) is 3.57. The van der Waals surface area contributed by atoms with Crippen LogP contribution in [0.25, 0.3) is 11.0 Å². The molecule has 2 aromatic carbocycles. The Balaban J connectivity index is 2.15. The lowest BCUT2D eigenvalue weighted by Gasteiger charge is -2.13. The van der Waals surface area contributed by atoms with Gasteiger partial charge in [0, 0.05) is 12.4 Å². The number of nitrogens with one attached hydrogen (secondary N) is 2. The van der Waals surface area contributed by atoms with Crippen molar-refractivity contribution in [2.75, 3.05) is 17.1 Å². The lowest BCUT2D eigenvalue weighted by Crippen LogP contribution is -2.20. The van der Waals surface area contributed by atoms with Crippen molar-refractivity contribution in [2.45, 2.75) is 4.90 Å². The number of nitriles is 1. The molecule has 0 saturated heterocycles. The zero-order chi connectivity index (χ0) is 18.0. The molecule has 0 aliphatic heterocycles. The summed E-state index contributed by atoms with van der Waals surface area (Å²) in [6.07, 6.45) is 0. The van der Waals surface area contributed by atoms with Crippen molar-refractivity contribution in [1.29, 1.82) is 5.26 Å². The second-order valence-electron chi connectivity index (χ2n) is 5.13. The Kier molecular flexibility index (Phi) is 4.17. The third-order valence-corrected chi connectivity index (χ3v) is 4.92. The first kappa shape index (κ1) is 16.5. The minimum Gasteiger partial charge on any atom is -0.421 e. The monoisotopic (exact) mass is 355 g/mol. The van der Waals surface area contributed by atoms with Gasteiger partial charge in [0.25, 0.3) is 10.0 Å². The zero-order valence-electron chi connectivity index (χ0n) is 13.1. The number of hydrogen-bond donors (Lipinski definition) is 2. The molecule has 2 N–H and O–H groups in total. The van der Waals surface area contributed by atoms with Gasteiger partial charge >= 0.3 is 5.63 Å². The van der Waals surface area contributed by atoms with Gasteiger partial charge in [0.1, 0.15) is 5.58 Å². The maximum Gasteiger partial charge on any atom is 0.363 e. The van der Waals surface area contributed by atoms with E-state index in [2.05, 4.69) is 10.0 Å². The summed E-state index contributed by atoms with van der Waals surface area (Å²) in [5.41, 5.74) is -0.188. The Hall–Kier alpha value is -3.31. The van der Waals surface area contributed by atoms with Crippen molar-refractivity contribution in [1.82, 2.24) is 0 Å². The first-order valence-electron chi connectivity index (χ1n) is 7.23. The van der Waals surface area contributed by atoms with E-state index in [4.69, 9.17) is 9.68 Å². The van der Waals surface area contributed by atoms with Gasteiger partial charge in [-0.15, -0.1) is 0 Å². The molecule has 7 nitrogen and oxygen atoms in total. The average Bonchev–Trinajstić information content (AvgIpc) is 2.62. The molecule has 0 aliphatic rings. The lowest BCUT2D eigenvalue weighted by atomic mass is 10.2. The molecule has 0 unspecified atom stereocenters. The Morgan fingerprint density at radius 2 is 1.84 bits per heavy atom. The standard InChI is InChI=1S/C17H13N3O4S/c1-19-15-13-7-2-3-8-14(13)24-17(21)16(15)20-25(22,23)12-6-4-5-11(9-12)10-18/h2-9,19-20H,1H3. The van der Waals surface area contributed by atoms with Crippen LogP contribution in [0.5, 0.6) is 0 Å². The lowest BCUT2D eigenvalue weighted by molar-refractivity contribution is 0.563. The smallest absolute Gasteiger partial charge is 0.363 e. The number of anilines is 2. The fourth-order valence-corrected chi connectivity index (χ4v) is 3.54. The summed E-state index contributed by atoms with van der Waals surface area (Å²) in [7, 11) is -2.49. The van der Waals surface area contributed by atoms with Crippen LogP contribution >= 0.6 is 0 Å². The van der Waals surface area contributed by atoms with Gasteiger partial charge in [-0.25, -0.2) is 13.2 Å². The van der Waals surface area contributed by atoms with E-state index in [1.165, 1.54) is 24.3 Å². The number of nitrogens with zero attached hydrogens (tertiary/aromatic N) is 1. The first-order valence-corrected chi connectivity index (χ1v) is 8.71. The van der Waals surface area contributed by atoms with Crippen molar-refractivity contribution in [3.05, 3.63) is 64.5 Å². The molecule has 0 spiro atoms. The fourth-order valence-electron chi connectivity index (χ4n) is 2.43. The molecule has 8 heteroatoms. The average molecular weight is 355 g/mol. The van der Waals surface area contributed by atoms with Crippen LogP contribution in [0.1, 0.15) is 5.56 Å². The van der Waals surface area contributed by atoms with Gasteiger partial charge in [-0.3, -0.25) is 4.72 Å². The van der Waals surface area contributed by atoms with E-state index in [-0.39, 0.29) is 16.1 Å². The number of hydrogen-bond acceptors (Lipinski definition) is 6. The van der Waals surface area contributed by atoms with Gasteiger partial charge in [-0.05, 0) is 30.3 Å². The second-order valence-corrected chi connectivity index (χ2v) is 6.81. The first-order chi connectivity index (χ1) is 12.0. The largest absolute Gasteiger partial charge is 0.421 e.